The van der Waals surface area contributed by atoms with Crippen LogP contribution in [0.4, 0.5) is 0 Å². The number of rotatable bonds is 3. The molecule has 1 rings (SSSR count). The Balaban J connectivity index is 2.58. The normalized spacial score (nSPS) is 12.9. The van der Waals surface area contributed by atoms with Gasteiger partial charge in [0.1, 0.15) is 5.82 Å². The summed E-state index contributed by atoms with van der Waals surface area (Å²) in [7, 11) is 0. The molecule has 1 heterocycles. The zero-order valence-corrected chi connectivity index (χ0v) is 8.27. The molecule has 1 aromatic heterocycles. The van der Waals surface area contributed by atoms with E-state index in [0.29, 0.717) is 10.3 Å². The van der Waals surface area contributed by atoms with Crippen molar-refractivity contribution >= 4 is 23.5 Å². The SMILES string of the molecule is CC(Cc1ncc(Cl)cn1)SN. The highest BCUT2D eigenvalue weighted by atomic mass is 35.5. The van der Waals surface area contributed by atoms with Crippen molar-refractivity contribution in [2.45, 2.75) is 18.6 Å². The predicted molar refractivity (Wildman–Crippen MR) is 52.0 cm³/mol. The maximum Gasteiger partial charge on any atom is 0.129 e. The first-order valence-corrected chi connectivity index (χ1v) is 4.86. The summed E-state index contributed by atoms with van der Waals surface area (Å²) in [4.78, 5) is 8.11. The average Bonchev–Trinajstić information content (AvgIpc) is 2.09. The second-order valence-electron chi connectivity index (χ2n) is 2.47. The second kappa shape index (κ2) is 4.64. The van der Waals surface area contributed by atoms with Gasteiger partial charge in [-0.05, 0) is 0 Å². The van der Waals surface area contributed by atoms with Gasteiger partial charge in [0.2, 0.25) is 0 Å². The Labute approximate surface area is 80.9 Å². The van der Waals surface area contributed by atoms with E-state index < -0.39 is 0 Å². The van der Waals surface area contributed by atoms with Gasteiger partial charge in [-0.25, -0.2) is 9.97 Å². The van der Waals surface area contributed by atoms with E-state index in [2.05, 4.69) is 9.97 Å². The Morgan fingerprint density at radius 2 is 2.17 bits per heavy atom. The van der Waals surface area contributed by atoms with Crippen molar-refractivity contribution in [3.05, 3.63) is 23.2 Å². The minimum Gasteiger partial charge on any atom is -0.278 e. The Morgan fingerprint density at radius 3 is 2.67 bits per heavy atom. The van der Waals surface area contributed by atoms with Crippen LogP contribution in [-0.4, -0.2) is 15.2 Å². The van der Waals surface area contributed by atoms with Crippen LogP contribution in [0.5, 0.6) is 0 Å². The molecule has 5 heteroatoms. The van der Waals surface area contributed by atoms with Gasteiger partial charge in [0.25, 0.3) is 0 Å². The van der Waals surface area contributed by atoms with Crippen LogP contribution in [0.3, 0.4) is 0 Å². The monoisotopic (exact) mass is 203 g/mol. The lowest BCUT2D eigenvalue weighted by molar-refractivity contribution is 0.849. The molecule has 0 aliphatic heterocycles. The predicted octanol–water partition coefficient (Wildman–Crippen LogP) is 1.67. The molecule has 0 bridgehead atoms. The zero-order chi connectivity index (χ0) is 8.97. The molecule has 3 nitrogen and oxygen atoms in total. The van der Waals surface area contributed by atoms with Gasteiger partial charge >= 0.3 is 0 Å². The van der Waals surface area contributed by atoms with Crippen molar-refractivity contribution in [2.24, 2.45) is 5.14 Å². The summed E-state index contributed by atoms with van der Waals surface area (Å²) < 4.78 is 0. The lowest BCUT2D eigenvalue weighted by atomic mass is 10.3. The molecule has 1 unspecified atom stereocenters. The molecule has 0 saturated carbocycles. The standard InChI is InChI=1S/C7H10ClN3S/c1-5(12-9)2-7-10-3-6(8)4-11-7/h3-5H,2,9H2,1H3. The van der Waals surface area contributed by atoms with E-state index >= 15 is 0 Å². The molecule has 0 radical (unpaired) electrons. The summed E-state index contributed by atoms with van der Waals surface area (Å²) in [5.74, 6) is 0.782. The highest BCUT2D eigenvalue weighted by Crippen LogP contribution is 2.08. The first-order chi connectivity index (χ1) is 5.72. The zero-order valence-electron chi connectivity index (χ0n) is 6.70. The molecule has 0 aromatic carbocycles. The Kier molecular flexibility index (Phi) is 3.78. The molecule has 0 spiro atoms. The first kappa shape index (κ1) is 9.77. The van der Waals surface area contributed by atoms with Crippen molar-refractivity contribution in [1.29, 1.82) is 0 Å². The fourth-order valence-electron chi connectivity index (χ4n) is 0.750. The lowest BCUT2D eigenvalue weighted by Gasteiger charge is -2.04. The Hall–Kier alpha value is -0.320. The molecule has 0 amide bonds. The largest absolute Gasteiger partial charge is 0.278 e. The fourth-order valence-corrected chi connectivity index (χ4v) is 1.09. The quantitative estimate of drug-likeness (QED) is 0.760. The summed E-state index contributed by atoms with van der Waals surface area (Å²) in [5.41, 5.74) is 0. The van der Waals surface area contributed by atoms with Crippen LogP contribution in [-0.2, 0) is 6.42 Å². The van der Waals surface area contributed by atoms with Gasteiger partial charge in [0, 0.05) is 24.1 Å². The summed E-state index contributed by atoms with van der Waals surface area (Å²) in [6.45, 7) is 2.03. The molecule has 0 aliphatic carbocycles. The van der Waals surface area contributed by atoms with Crippen molar-refractivity contribution in [3.8, 4) is 0 Å². The van der Waals surface area contributed by atoms with Gasteiger partial charge in [-0.15, -0.1) is 0 Å². The molecule has 0 saturated heterocycles. The van der Waals surface area contributed by atoms with Crippen molar-refractivity contribution in [3.63, 3.8) is 0 Å². The summed E-state index contributed by atoms with van der Waals surface area (Å²) >= 11 is 6.94. The van der Waals surface area contributed by atoms with E-state index in [1.54, 1.807) is 12.4 Å². The smallest absolute Gasteiger partial charge is 0.129 e. The summed E-state index contributed by atoms with van der Waals surface area (Å²) in [6.07, 6.45) is 3.97. The maximum absolute atomic E-state index is 5.63. The van der Waals surface area contributed by atoms with Gasteiger partial charge < -0.3 is 0 Å². The van der Waals surface area contributed by atoms with Gasteiger partial charge in [0.05, 0.1) is 5.02 Å². The topological polar surface area (TPSA) is 51.8 Å². The van der Waals surface area contributed by atoms with Crippen LogP contribution in [0.2, 0.25) is 5.02 Å². The number of nitrogens with two attached hydrogens (primary N) is 1. The number of nitrogens with zero attached hydrogens (tertiary/aromatic N) is 2. The molecule has 1 atom stereocenters. The fraction of sp³-hybridized carbons (Fsp3) is 0.429. The van der Waals surface area contributed by atoms with Crippen LogP contribution in [0.1, 0.15) is 12.7 Å². The first-order valence-electron chi connectivity index (χ1n) is 3.54. The molecule has 0 aliphatic rings. The molecule has 12 heavy (non-hydrogen) atoms. The van der Waals surface area contributed by atoms with Gasteiger partial charge in [-0.1, -0.05) is 30.5 Å². The van der Waals surface area contributed by atoms with E-state index in [-0.39, 0.29) is 0 Å². The van der Waals surface area contributed by atoms with E-state index in [4.69, 9.17) is 16.7 Å². The third-order valence-electron chi connectivity index (χ3n) is 1.38. The summed E-state index contributed by atoms with van der Waals surface area (Å²) in [6, 6.07) is 0. The molecule has 1 aromatic rings. The molecule has 66 valence electrons. The highest BCUT2D eigenvalue weighted by Gasteiger charge is 2.03. The van der Waals surface area contributed by atoms with Crippen LogP contribution < -0.4 is 5.14 Å². The molecule has 2 N–H and O–H groups in total. The maximum atomic E-state index is 5.63. The van der Waals surface area contributed by atoms with Gasteiger partial charge in [-0.3, -0.25) is 5.14 Å². The van der Waals surface area contributed by atoms with E-state index in [0.717, 1.165) is 12.2 Å². The molecular weight excluding hydrogens is 194 g/mol. The van der Waals surface area contributed by atoms with Crippen molar-refractivity contribution < 1.29 is 0 Å². The molecule has 0 fully saturated rings. The van der Waals surface area contributed by atoms with Gasteiger partial charge in [0.15, 0.2) is 0 Å². The van der Waals surface area contributed by atoms with Crippen LogP contribution in [0.25, 0.3) is 0 Å². The van der Waals surface area contributed by atoms with Crippen molar-refractivity contribution in [1.82, 2.24) is 9.97 Å². The second-order valence-corrected chi connectivity index (χ2v) is 3.98. The highest BCUT2D eigenvalue weighted by molar-refractivity contribution is 7.97. The van der Waals surface area contributed by atoms with E-state index in [9.17, 15) is 0 Å². The minimum atomic E-state index is 0.339. The van der Waals surface area contributed by atoms with Crippen LogP contribution >= 0.6 is 23.5 Å². The third kappa shape index (κ3) is 2.97. The van der Waals surface area contributed by atoms with Crippen molar-refractivity contribution in [2.75, 3.05) is 0 Å². The number of aromatic nitrogens is 2. The number of hydrogen-bond acceptors (Lipinski definition) is 4. The molecular formula is C7H10ClN3S. The van der Waals surface area contributed by atoms with Gasteiger partial charge in [-0.2, -0.15) is 0 Å². The summed E-state index contributed by atoms with van der Waals surface area (Å²) in [5, 5.41) is 6.29. The van der Waals surface area contributed by atoms with E-state index in [1.165, 1.54) is 11.9 Å². The third-order valence-corrected chi connectivity index (χ3v) is 2.20. The Morgan fingerprint density at radius 1 is 1.58 bits per heavy atom. The number of hydrogen-bond donors (Lipinski definition) is 1. The number of halogens is 1. The lowest BCUT2D eigenvalue weighted by Crippen LogP contribution is -2.07. The van der Waals surface area contributed by atoms with E-state index in [1.807, 2.05) is 6.92 Å². The van der Waals surface area contributed by atoms with Crippen LogP contribution in [0, 0.1) is 0 Å². The Bertz CT molecular complexity index is 239. The minimum absolute atomic E-state index is 0.339. The van der Waals surface area contributed by atoms with Crippen LogP contribution in [0.15, 0.2) is 12.4 Å². The average molecular weight is 204 g/mol.